The molecular formula is C16H15N5O3. The molecular weight excluding hydrogens is 310 g/mol. The molecule has 0 aliphatic rings. The van der Waals surface area contributed by atoms with Gasteiger partial charge in [-0.15, -0.1) is 0 Å². The number of carbonyl (C=O) groups excluding carboxylic acids is 1. The lowest BCUT2D eigenvalue weighted by Crippen LogP contribution is -2.14. The predicted molar refractivity (Wildman–Crippen MR) is 87.5 cm³/mol. The first-order valence-electron chi connectivity index (χ1n) is 7.12. The average Bonchev–Trinajstić information content (AvgIpc) is 3.01. The fourth-order valence-electron chi connectivity index (χ4n) is 2.00. The smallest absolute Gasteiger partial charge is 0.275 e. The first-order valence-corrected chi connectivity index (χ1v) is 7.12. The van der Waals surface area contributed by atoms with Crippen LogP contribution in [0.3, 0.4) is 0 Å². The minimum Gasteiger partial charge on any atom is -0.495 e. The second-order valence-electron chi connectivity index (χ2n) is 4.89. The van der Waals surface area contributed by atoms with Crippen LogP contribution >= 0.6 is 0 Å². The van der Waals surface area contributed by atoms with E-state index in [0.29, 0.717) is 28.8 Å². The van der Waals surface area contributed by atoms with E-state index in [0.717, 1.165) is 0 Å². The summed E-state index contributed by atoms with van der Waals surface area (Å²) < 4.78 is 10.1. The number of aryl methyl sites for hydroxylation is 1. The molecule has 8 heteroatoms. The lowest BCUT2D eigenvalue weighted by Gasteiger charge is -2.09. The second-order valence-corrected chi connectivity index (χ2v) is 4.89. The van der Waals surface area contributed by atoms with Crippen molar-refractivity contribution in [2.45, 2.75) is 6.92 Å². The van der Waals surface area contributed by atoms with E-state index in [4.69, 9.17) is 9.26 Å². The maximum absolute atomic E-state index is 12.2. The van der Waals surface area contributed by atoms with Gasteiger partial charge in [0.25, 0.3) is 5.91 Å². The zero-order valence-corrected chi connectivity index (χ0v) is 13.1. The Labute approximate surface area is 137 Å². The molecule has 0 spiro atoms. The van der Waals surface area contributed by atoms with Gasteiger partial charge < -0.3 is 19.9 Å². The molecule has 0 fully saturated rings. The summed E-state index contributed by atoms with van der Waals surface area (Å²) in [6.45, 7) is 1.79. The summed E-state index contributed by atoms with van der Waals surface area (Å²) in [4.78, 5) is 20.5. The van der Waals surface area contributed by atoms with Crippen molar-refractivity contribution in [2.24, 2.45) is 0 Å². The summed E-state index contributed by atoms with van der Waals surface area (Å²) in [5.41, 5.74) is 0.745. The van der Waals surface area contributed by atoms with Gasteiger partial charge in [-0.05, 0) is 19.1 Å². The zero-order chi connectivity index (χ0) is 16.9. The molecule has 8 nitrogen and oxygen atoms in total. The highest BCUT2D eigenvalue weighted by Crippen LogP contribution is 2.23. The predicted octanol–water partition coefficient (Wildman–Crippen LogP) is 2.78. The van der Waals surface area contributed by atoms with Crippen LogP contribution in [0, 0.1) is 6.92 Å². The van der Waals surface area contributed by atoms with E-state index in [1.54, 1.807) is 31.2 Å². The summed E-state index contributed by atoms with van der Waals surface area (Å²) in [5.74, 6) is 1.85. The minimum absolute atomic E-state index is 0.183. The summed E-state index contributed by atoms with van der Waals surface area (Å²) in [7, 11) is 1.54. The summed E-state index contributed by atoms with van der Waals surface area (Å²) in [6, 6.07) is 8.85. The van der Waals surface area contributed by atoms with Crippen molar-refractivity contribution >= 4 is 23.2 Å². The number of amides is 1. The van der Waals surface area contributed by atoms with E-state index in [1.807, 2.05) is 6.07 Å². The number of rotatable bonds is 5. The van der Waals surface area contributed by atoms with E-state index >= 15 is 0 Å². The number of ether oxygens (including phenoxy) is 1. The molecule has 0 radical (unpaired) electrons. The molecule has 2 heterocycles. The Morgan fingerprint density at radius 2 is 2.00 bits per heavy atom. The Bertz CT molecular complexity index is 845. The van der Waals surface area contributed by atoms with Crippen LogP contribution in [0.5, 0.6) is 5.75 Å². The Morgan fingerprint density at radius 3 is 2.67 bits per heavy atom. The van der Waals surface area contributed by atoms with E-state index in [9.17, 15) is 4.79 Å². The van der Waals surface area contributed by atoms with Crippen LogP contribution in [-0.4, -0.2) is 28.1 Å². The summed E-state index contributed by atoms with van der Waals surface area (Å²) in [6.07, 6.45) is 2.82. The Balaban J connectivity index is 1.69. The highest BCUT2D eigenvalue weighted by Gasteiger charge is 2.11. The molecule has 0 aliphatic heterocycles. The summed E-state index contributed by atoms with van der Waals surface area (Å²) >= 11 is 0. The quantitative estimate of drug-likeness (QED) is 0.743. The topological polar surface area (TPSA) is 102 Å². The highest BCUT2D eigenvalue weighted by atomic mass is 16.5. The SMILES string of the molecule is COc1ccccc1NC(=O)c1cnc(Nc2cc(C)on2)cn1. The standard InChI is InChI=1S/C16H15N5O3/c1-10-7-14(21-24-10)20-15-9-17-12(8-18-15)16(22)19-11-5-3-4-6-13(11)23-2/h3-9H,1-2H3,(H,19,22)(H,18,20,21). The number of nitrogens with zero attached hydrogens (tertiary/aromatic N) is 3. The van der Waals surface area contributed by atoms with Gasteiger partial charge in [-0.3, -0.25) is 4.79 Å². The molecule has 2 aromatic heterocycles. The number of hydrogen-bond donors (Lipinski definition) is 2. The van der Waals surface area contributed by atoms with Gasteiger partial charge >= 0.3 is 0 Å². The third-order valence-electron chi connectivity index (χ3n) is 3.12. The van der Waals surface area contributed by atoms with Gasteiger partial charge in [0.05, 0.1) is 25.2 Å². The van der Waals surface area contributed by atoms with E-state index in [1.165, 1.54) is 19.5 Å². The van der Waals surface area contributed by atoms with Gasteiger partial charge in [0.2, 0.25) is 0 Å². The van der Waals surface area contributed by atoms with Crippen LogP contribution in [-0.2, 0) is 0 Å². The maximum atomic E-state index is 12.2. The third-order valence-corrected chi connectivity index (χ3v) is 3.12. The normalized spacial score (nSPS) is 10.2. The molecule has 3 rings (SSSR count). The van der Waals surface area contributed by atoms with Crippen LogP contribution in [0.2, 0.25) is 0 Å². The van der Waals surface area contributed by atoms with E-state index < -0.39 is 0 Å². The fourth-order valence-corrected chi connectivity index (χ4v) is 2.00. The Kier molecular flexibility index (Phi) is 4.37. The van der Waals surface area contributed by atoms with Crippen LogP contribution < -0.4 is 15.4 Å². The monoisotopic (exact) mass is 325 g/mol. The van der Waals surface area contributed by atoms with Crippen molar-refractivity contribution in [3.05, 3.63) is 54.2 Å². The molecule has 1 aromatic carbocycles. The van der Waals surface area contributed by atoms with Crippen molar-refractivity contribution in [2.75, 3.05) is 17.7 Å². The molecule has 0 bridgehead atoms. The van der Waals surface area contributed by atoms with E-state index in [2.05, 4.69) is 25.8 Å². The van der Waals surface area contributed by atoms with Gasteiger partial charge in [0.15, 0.2) is 5.82 Å². The van der Waals surface area contributed by atoms with Crippen LogP contribution in [0.15, 0.2) is 47.2 Å². The minimum atomic E-state index is -0.379. The number of hydrogen-bond acceptors (Lipinski definition) is 7. The van der Waals surface area contributed by atoms with Gasteiger partial charge in [0.1, 0.15) is 23.0 Å². The van der Waals surface area contributed by atoms with Crippen LogP contribution in [0.25, 0.3) is 0 Å². The van der Waals surface area contributed by atoms with Crippen molar-refractivity contribution < 1.29 is 14.1 Å². The number of carbonyl (C=O) groups is 1. The third kappa shape index (κ3) is 3.49. The molecule has 0 aliphatic carbocycles. The molecule has 2 N–H and O–H groups in total. The molecule has 0 saturated heterocycles. The maximum Gasteiger partial charge on any atom is 0.275 e. The summed E-state index contributed by atoms with van der Waals surface area (Å²) in [5, 5.41) is 9.46. The first kappa shape index (κ1) is 15.5. The Morgan fingerprint density at radius 1 is 1.17 bits per heavy atom. The number of para-hydroxylation sites is 2. The van der Waals surface area contributed by atoms with Crippen molar-refractivity contribution in [1.29, 1.82) is 0 Å². The number of aromatic nitrogens is 3. The molecule has 3 aromatic rings. The average molecular weight is 325 g/mol. The number of methoxy groups -OCH3 is 1. The molecule has 122 valence electrons. The van der Waals surface area contributed by atoms with Gasteiger partial charge in [-0.1, -0.05) is 17.3 Å². The van der Waals surface area contributed by atoms with Gasteiger partial charge in [-0.2, -0.15) is 0 Å². The lowest BCUT2D eigenvalue weighted by atomic mass is 10.3. The molecule has 24 heavy (non-hydrogen) atoms. The molecule has 1 amide bonds. The fraction of sp³-hybridized carbons (Fsp3) is 0.125. The molecule has 0 saturated carbocycles. The molecule has 0 atom stereocenters. The van der Waals surface area contributed by atoms with Crippen molar-refractivity contribution in [1.82, 2.24) is 15.1 Å². The second kappa shape index (κ2) is 6.78. The van der Waals surface area contributed by atoms with Gasteiger partial charge in [-0.25, -0.2) is 9.97 Å². The number of anilines is 3. The molecule has 0 unspecified atom stereocenters. The largest absolute Gasteiger partial charge is 0.495 e. The zero-order valence-electron chi connectivity index (χ0n) is 13.1. The lowest BCUT2D eigenvalue weighted by molar-refractivity contribution is 0.102. The first-order chi connectivity index (χ1) is 11.7. The van der Waals surface area contributed by atoms with Crippen molar-refractivity contribution in [3.8, 4) is 5.75 Å². The van der Waals surface area contributed by atoms with Crippen LogP contribution in [0.1, 0.15) is 16.2 Å². The van der Waals surface area contributed by atoms with Gasteiger partial charge in [0, 0.05) is 6.07 Å². The number of nitrogens with one attached hydrogen (secondary N) is 2. The number of benzene rings is 1. The highest BCUT2D eigenvalue weighted by molar-refractivity contribution is 6.03. The van der Waals surface area contributed by atoms with Crippen LogP contribution in [0.4, 0.5) is 17.3 Å². The Hall–Kier alpha value is -3.42. The van der Waals surface area contributed by atoms with E-state index in [-0.39, 0.29) is 11.6 Å². The van der Waals surface area contributed by atoms with Crippen molar-refractivity contribution in [3.63, 3.8) is 0 Å².